The van der Waals surface area contributed by atoms with Crippen LogP contribution in [0, 0.1) is 5.92 Å². The normalized spacial score (nSPS) is 33.8. The van der Waals surface area contributed by atoms with Gasteiger partial charge in [-0.2, -0.15) is 0 Å². The third-order valence-corrected chi connectivity index (χ3v) is 4.35. The van der Waals surface area contributed by atoms with Crippen molar-refractivity contribution >= 4 is 17.4 Å². The molecule has 20 heavy (non-hydrogen) atoms. The van der Waals surface area contributed by atoms with Crippen molar-refractivity contribution in [2.45, 2.75) is 58.0 Å². The Hall–Kier alpha value is -0.870. The van der Waals surface area contributed by atoms with Gasteiger partial charge in [0, 0.05) is 6.04 Å². The summed E-state index contributed by atoms with van der Waals surface area (Å²) in [5, 5.41) is 3.42. The van der Waals surface area contributed by atoms with Crippen LogP contribution in [0.3, 0.4) is 0 Å². The van der Waals surface area contributed by atoms with E-state index >= 15 is 0 Å². The van der Waals surface area contributed by atoms with Crippen molar-refractivity contribution in [1.29, 1.82) is 0 Å². The molecule has 0 aromatic rings. The fraction of sp³-hybridized carbons (Fsp3) is 0.667. The molecule has 0 radical (unpaired) electrons. The van der Waals surface area contributed by atoms with Crippen molar-refractivity contribution in [1.82, 2.24) is 5.32 Å². The Bertz CT molecular complexity index is 446. The van der Waals surface area contributed by atoms with Gasteiger partial charge >= 0.3 is 0 Å². The van der Waals surface area contributed by atoms with Crippen LogP contribution >= 0.6 is 11.6 Å². The largest absolute Gasteiger partial charge is 0.329 e. The van der Waals surface area contributed by atoms with E-state index in [1.807, 2.05) is 6.92 Å². The number of hydrogen-bond acceptors (Lipinski definition) is 2. The number of halogens is 2. The second-order valence-corrected chi connectivity index (χ2v) is 6.23. The maximum Gasteiger partial charge on any atom is 0.162 e. The highest BCUT2D eigenvalue weighted by molar-refractivity contribution is 6.31. The van der Waals surface area contributed by atoms with E-state index in [0.29, 0.717) is 17.5 Å². The van der Waals surface area contributed by atoms with Gasteiger partial charge in [-0.1, -0.05) is 25.4 Å². The summed E-state index contributed by atoms with van der Waals surface area (Å²) >= 11 is 6.19. The van der Waals surface area contributed by atoms with Crippen molar-refractivity contribution in [2.75, 3.05) is 0 Å². The van der Waals surface area contributed by atoms with Gasteiger partial charge in [-0.05, 0) is 49.7 Å². The van der Waals surface area contributed by atoms with Gasteiger partial charge in [0.1, 0.15) is 5.16 Å². The molecule has 1 aliphatic heterocycles. The highest BCUT2D eigenvalue weighted by atomic mass is 35.5. The zero-order valence-corrected chi connectivity index (χ0v) is 12.9. The highest BCUT2D eigenvalue weighted by Gasteiger charge is 2.25. The van der Waals surface area contributed by atoms with Crippen LogP contribution in [-0.2, 0) is 0 Å². The standard InChI is InChI=1S/C15H23ClFN3/c1-3-10-4-5-13(17)15(20-14(10)16)19-12-7-9(2)6-11(18)8-12/h5,9,11-12H,3-4,6-8,18H2,1-2H3,(H,19,20). The second-order valence-electron chi connectivity index (χ2n) is 5.86. The van der Waals surface area contributed by atoms with Crippen molar-refractivity contribution in [3.63, 3.8) is 0 Å². The Labute approximate surface area is 125 Å². The summed E-state index contributed by atoms with van der Waals surface area (Å²) < 4.78 is 14.1. The van der Waals surface area contributed by atoms with Crippen molar-refractivity contribution in [2.24, 2.45) is 16.6 Å². The first-order chi connectivity index (χ1) is 9.49. The summed E-state index contributed by atoms with van der Waals surface area (Å²) in [4.78, 5) is 4.52. The van der Waals surface area contributed by atoms with E-state index in [1.165, 1.54) is 0 Å². The Kier molecular flexibility index (Phi) is 5.22. The molecule has 1 saturated carbocycles. The summed E-state index contributed by atoms with van der Waals surface area (Å²) in [6.45, 7) is 4.18. The lowest BCUT2D eigenvalue weighted by Gasteiger charge is -2.29. The SMILES string of the molecule is CCC1=C(Cl)NC(=NC2CC(C)CC(N)C2)C(F)=CC1. The maximum absolute atomic E-state index is 14.1. The number of nitrogens with zero attached hydrogens (tertiary/aromatic N) is 1. The smallest absolute Gasteiger partial charge is 0.162 e. The summed E-state index contributed by atoms with van der Waals surface area (Å²) in [5.41, 5.74) is 7.02. The molecule has 0 aromatic carbocycles. The molecular weight excluding hydrogens is 277 g/mol. The molecular formula is C15H23ClFN3. The van der Waals surface area contributed by atoms with Crippen LogP contribution in [0.4, 0.5) is 4.39 Å². The highest BCUT2D eigenvalue weighted by Crippen LogP contribution is 2.27. The Balaban J connectivity index is 2.17. The van der Waals surface area contributed by atoms with Crippen LogP contribution < -0.4 is 11.1 Å². The van der Waals surface area contributed by atoms with E-state index in [-0.39, 0.29) is 23.7 Å². The van der Waals surface area contributed by atoms with Gasteiger partial charge in [0.2, 0.25) is 0 Å². The maximum atomic E-state index is 14.1. The van der Waals surface area contributed by atoms with E-state index in [2.05, 4.69) is 17.2 Å². The molecule has 112 valence electrons. The molecule has 0 saturated heterocycles. The van der Waals surface area contributed by atoms with Crippen LogP contribution in [0.2, 0.25) is 0 Å². The minimum Gasteiger partial charge on any atom is -0.329 e. The van der Waals surface area contributed by atoms with Gasteiger partial charge in [-0.3, -0.25) is 4.99 Å². The lowest BCUT2D eigenvalue weighted by molar-refractivity contribution is 0.309. The quantitative estimate of drug-likeness (QED) is 0.765. The van der Waals surface area contributed by atoms with E-state index < -0.39 is 0 Å². The van der Waals surface area contributed by atoms with Crippen LogP contribution in [0.25, 0.3) is 0 Å². The van der Waals surface area contributed by atoms with Crippen LogP contribution in [0.5, 0.6) is 0 Å². The number of aliphatic imine (C=N–C) groups is 1. The third-order valence-electron chi connectivity index (χ3n) is 3.99. The minimum atomic E-state index is -0.321. The lowest BCUT2D eigenvalue weighted by Crippen LogP contribution is -2.35. The summed E-state index contributed by atoms with van der Waals surface area (Å²) in [6, 6.07) is 0.228. The second kappa shape index (κ2) is 6.72. The van der Waals surface area contributed by atoms with Gasteiger partial charge in [-0.25, -0.2) is 4.39 Å². The molecule has 1 aliphatic carbocycles. The number of hydrogen-bond donors (Lipinski definition) is 2. The van der Waals surface area contributed by atoms with E-state index in [0.717, 1.165) is 31.3 Å². The summed E-state index contributed by atoms with van der Waals surface area (Å²) in [7, 11) is 0. The van der Waals surface area contributed by atoms with Gasteiger partial charge in [0.05, 0.1) is 6.04 Å². The molecule has 0 aromatic heterocycles. The number of nitrogens with one attached hydrogen (secondary N) is 1. The molecule has 3 unspecified atom stereocenters. The van der Waals surface area contributed by atoms with E-state index in [1.54, 1.807) is 6.08 Å². The van der Waals surface area contributed by atoms with Crippen LogP contribution in [0.15, 0.2) is 27.6 Å². The number of nitrogens with two attached hydrogens (primary N) is 1. The Morgan fingerprint density at radius 1 is 1.45 bits per heavy atom. The number of amidine groups is 1. The lowest BCUT2D eigenvalue weighted by atomic mass is 9.84. The molecule has 2 aliphatic rings. The zero-order chi connectivity index (χ0) is 14.7. The molecule has 0 bridgehead atoms. The van der Waals surface area contributed by atoms with E-state index in [4.69, 9.17) is 17.3 Å². The fourth-order valence-electron chi connectivity index (χ4n) is 2.95. The minimum absolute atomic E-state index is 0.0723. The summed E-state index contributed by atoms with van der Waals surface area (Å²) in [5.74, 6) is 0.464. The molecule has 5 heteroatoms. The molecule has 2 rings (SSSR count). The molecule has 0 spiro atoms. The first-order valence-corrected chi connectivity index (χ1v) is 7.71. The van der Waals surface area contributed by atoms with E-state index in [9.17, 15) is 4.39 Å². The van der Waals surface area contributed by atoms with Crippen molar-refractivity contribution in [3.8, 4) is 0 Å². The fourth-order valence-corrected chi connectivity index (χ4v) is 3.25. The Morgan fingerprint density at radius 2 is 2.20 bits per heavy atom. The van der Waals surface area contributed by atoms with Gasteiger partial charge in [0.25, 0.3) is 0 Å². The molecule has 1 heterocycles. The zero-order valence-electron chi connectivity index (χ0n) is 12.1. The Morgan fingerprint density at radius 3 is 2.85 bits per heavy atom. The molecule has 3 atom stereocenters. The molecule has 1 fully saturated rings. The molecule has 3 N–H and O–H groups in total. The molecule has 0 amide bonds. The van der Waals surface area contributed by atoms with Crippen LogP contribution in [-0.4, -0.2) is 17.9 Å². The number of allylic oxidation sites excluding steroid dienone is 2. The van der Waals surface area contributed by atoms with Gasteiger partial charge < -0.3 is 11.1 Å². The first kappa shape index (κ1) is 15.5. The van der Waals surface area contributed by atoms with Crippen molar-refractivity contribution < 1.29 is 4.39 Å². The van der Waals surface area contributed by atoms with Gasteiger partial charge in [-0.15, -0.1) is 0 Å². The number of rotatable bonds is 2. The summed E-state index contributed by atoms with van der Waals surface area (Å²) in [6.07, 6.45) is 5.67. The topological polar surface area (TPSA) is 50.4 Å². The first-order valence-electron chi connectivity index (χ1n) is 7.33. The van der Waals surface area contributed by atoms with Gasteiger partial charge in [0.15, 0.2) is 11.7 Å². The third kappa shape index (κ3) is 3.83. The monoisotopic (exact) mass is 299 g/mol. The predicted octanol–water partition coefficient (Wildman–Crippen LogP) is 3.61. The van der Waals surface area contributed by atoms with Crippen molar-refractivity contribution in [3.05, 3.63) is 22.6 Å². The average Bonchev–Trinajstić information content (AvgIpc) is 2.49. The van der Waals surface area contributed by atoms with Crippen LogP contribution in [0.1, 0.15) is 46.0 Å². The average molecular weight is 300 g/mol. The molecule has 3 nitrogen and oxygen atoms in total. The predicted molar refractivity (Wildman–Crippen MR) is 82.3 cm³/mol.